The van der Waals surface area contributed by atoms with Crippen LogP contribution in [0.25, 0.3) is 0 Å². The average molecular weight is 530 g/mol. The van der Waals surface area contributed by atoms with E-state index in [1.807, 2.05) is 0 Å². The minimum atomic E-state index is 1.11. The third kappa shape index (κ3) is 4.32. The summed E-state index contributed by atoms with van der Waals surface area (Å²) in [4.78, 5) is 7.13. The predicted octanol–water partition coefficient (Wildman–Crippen LogP) is 11.0. The van der Waals surface area contributed by atoms with E-state index in [4.69, 9.17) is 0 Å². The first kappa shape index (κ1) is 24.7. The van der Waals surface area contributed by atoms with Crippen LogP contribution in [0.15, 0.2) is 152 Å². The van der Waals surface area contributed by atoms with Gasteiger partial charge in [0.2, 0.25) is 0 Å². The van der Waals surface area contributed by atoms with Crippen molar-refractivity contribution in [3.05, 3.63) is 163 Å². The zero-order valence-electron chi connectivity index (χ0n) is 23.3. The molecule has 7 rings (SSSR count). The third-order valence-corrected chi connectivity index (χ3v) is 7.80. The second kappa shape index (κ2) is 10.4. The number of para-hydroxylation sites is 7. The monoisotopic (exact) mass is 529 g/mol. The summed E-state index contributed by atoms with van der Waals surface area (Å²) < 4.78 is 0. The Hall–Kier alpha value is -5.28. The number of rotatable bonds is 5. The van der Waals surface area contributed by atoms with Crippen molar-refractivity contribution in [1.82, 2.24) is 0 Å². The molecule has 198 valence electrons. The highest BCUT2D eigenvalue weighted by molar-refractivity contribution is 6.01. The standard InChI is InChI=1S/C38H31N3/c1-28-15-6-8-21-33(28)40(34-22-9-7-16-29(34)2)31-19-14-20-32(27-31)41-37-25-12-10-23-35(37)39(30-17-4-3-5-18-30)36-24-11-13-26-38(36)41/h3-27H,1-2H3. The first-order valence-electron chi connectivity index (χ1n) is 14.1. The van der Waals surface area contributed by atoms with Gasteiger partial charge in [-0.25, -0.2) is 0 Å². The lowest BCUT2D eigenvalue weighted by atomic mass is 10.0. The Bertz CT molecular complexity index is 1750. The minimum Gasteiger partial charge on any atom is -0.310 e. The quantitative estimate of drug-likeness (QED) is 0.219. The Labute approximate surface area is 242 Å². The second-order valence-corrected chi connectivity index (χ2v) is 10.4. The van der Waals surface area contributed by atoms with Crippen molar-refractivity contribution in [2.45, 2.75) is 13.8 Å². The van der Waals surface area contributed by atoms with E-state index in [1.165, 1.54) is 22.5 Å². The Morgan fingerprint density at radius 2 is 0.805 bits per heavy atom. The van der Waals surface area contributed by atoms with Crippen molar-refractivity contribution >= 4 is 51.2 Å². The first-order chi connectivity index (χ1) is 20.2. The van der Waals surface area contributed by atoms with Crippen molar-refractivity contribution < 1.29 is 0 Å². The lowest BCUT2D eigenvalue weighted by molar-refractivity contribution is 1.16. The number of nitrogens with zero attached hydrogens (tertiary/aromatic N) is 3. The fraction of sp³-hybridized carbons (Fsp3) is 0.0526. The van der Waals surface area contributed by atoms with Crippen LogP contribution in [0.4, 0.5) is 51.2 Å². The molecule has 0 amide bonds. The van der Waals surface area contributed by atoms with Crippen LogP contribution in [0.5, 0.6) is 0 Å². The smallest absolute Gasteiger partial charge is 0.0703 e. The molecule has 1 heterocycles. The molecule has 0 N–H and O–H groups in total. The van der Waals surface area contributed by atoms with Gasteiger partial charge in [0.05, 0.1) is 22.7 Å². The number of hydrogen-bond acceptors (Lipinski definition) is 3. The molecule has 0 aliphatic carbocycles. The summed E-state index contributed by atoms with van der Waals surface area (Å²) in [6.07, 6.45) is 0. The highest BCUT2D eigenvalue weighted by atomic mass is 15.3. The number of aryl methyl sites for hydroxylation is 2. The summed E-state index contributed by atoms with van der Waals surface area (Å²) >= 11 is 0. The fourth-order valence-corrected chi connectivity index (χ4v) is 5.89. The summed E-state index contributed by atoms with van der Waals surface area (Å²) in [5, 5.41) is 0. The van der Waals surface area contributed by atoms with Crippen molar-refractivity contribution in [3.8, 4) is 0 Å². The normalized spacial score (nSPS) is 12.0. The van der Waals surface area contributed by atoms with Crippen molar-refractivity contribution in [3.63, 3.8) is 0 Å². The molecule has 6 aromatic carbocycles. The predicted molar refractivity (Wildman–Crippen MR) is 174 cm³/mol. The van der Waals surface area contributed by atoms with Crippen molar-refractivity contribution in [2.75, 3.05) is 14.7 Å². The number of benzene rings is 6. The molecule has 3 heteroatoms. The third-order valence-electron chi connectivity index (χ3n) is 7.80. The SMILES string of the molecule is Cc1ccccc1N(c1cccc(N2c3ccccc3N(c3ccccc3)c3ccccc32)c1)c1ccccc1C. The number of hydrogen-bond donors (Lipinski definition) is 0. The van der Waals surface area contributed by atoms with Crippen LogP contribution >= 0.6 is 0 Å². The van der Waals surface area contributed by atoms with Gasteiger partial charge in [0, 0.05) is 28.4 Å². The van der Waals surface area contributed by atoms with Crippen LogP contribution in [0.2, 0.25) is 0 Å². The summed E-state index contributed by atoms with van der Waals surface area (Å²) in [7, 11) is 0. The molecule has 0 fully saturated rings. The van der Waals surface area contributed by atoms with Gasteiger partial charge in [-0.3, -0.25) is 0 Å². The molecule has 1 aliphatic heterocycles. The van der Waals surface area contributed by atoms with Gasteiger partial charge in [0.15, 0.2) is 0 Å². The molecule has 0 radical (unpaired) electrons. The minimum absolute atomic E-state index is 1.11. The molecule has 3 nitrogen and oxygen atoms in total. The second-order valence-electron chi connectivity index (χ2n) is 10.4. The van der Waals surface area contributed by atoms with Crippen LogP contribution in [0.1, 0.15) is 11.1 Å². The van der Waals surface area contributed by atoms with Crippen LogP contribution in [-0.2, 0) is 0 Å². The van der Waals surface area contributed by atoms with Gasteiger partial charge in [-0.15, -0.1) is 0 Å². The van der Waals surface area contributed by atoms with E-state index in [-0.39, 0.29) is 0 Å². The van der Waals surface area contributed by atoms with Crippen LogP contribution < -0.4 is 14.7 Å². The topological polar surface area (TPSA) is 9.72 Å². The van der Waals surface area contributed by atoms with Crippen LogP contribution in [0.3, 0.4) is 0 Å². The molecular weight excluding hydrogens is 498 g/mol. The van der Waals surface area contributed by atoms with E-state index in [9.17, 15) is 0 Å². The fourth-order valence-electron chi connectivity index (χ4n) is 5.89. The van der Waals surface area contributed by atoms with Crippen LogP contribution in [-0.4, -0.2) is 0 Å². The molecule has 1 aliphatic rings. The zero-order chi connectivity index (χ0) is 27.8. The maximum Gasteiger partial charge on any atom is 0.0703 e. The largest absolute Gasteiger partial charge is 0.310 e. The van der Waals surface area contributed by atoms with Gasteiger partial charge in [-0.05, 0) is 91.7 Å². The van der Waals surface area contributed by atoms with Gasteiger partial charge >= 0.3 is 0 Å². The van der Waals surface area contributed by atoms with Crippen molar-refractivity contribution in [1.29, 1.82) is 0 Å². The van der Waals surface area contributed by atoms with Gasteiger partial charge < -0.3 is 14.7 Å². The van der Waals surface area contributed by atoms with E-state index in [1.54, 1.807) is 0 Å². The Morgan fingerprint density at radius 3 is 1.32 bits per heavy atom. The Morgan fingerprint density at radius 1 is 0.390 bits per heavy atom. The molecule has 0 aromatic heterocycles. The van der Waals surface area contributed by atoms with Crippen LogP contribution in [0, 0.1) is 13.8 Å². The summed E-state index contributed by atoms with van der Waals surface area (Å²) in [6.45, 7) is 4.36. The van der Waals surface area contributed by atoms with Crippen molar-refractivity contribution in [2.24, 2.45) is 0 Å². The van der Waals surface area contributed by atoms with E-state index in [2.05, 4.69) is 180 Å². The number of fused-ring (bicyclic) bond motifs is 2. The van der Waals surface area contributed by atoms with E-state index in [0.717, 1.165) is 39.8 Å². The van der Waals surface area contributed by atoms with Gasteiger partial charge in [-0.2, -0.15) is 0 Å². The molecule has 0 saturated heterocycles. The molecule has 0 bridgehead atoms. The molecule has 41 heavy (non-hydrogen) atoms. The summed E-state index contributed by atoms with van der Waals surface area (Å²) in [5.74, 6) is 0. The van der Waals surface area contributed by atoms with E-state index < -0.39 is 0 Å². The Kier molecular flexibility index (Phi) is 6.25. The molecular formula is C38H31N3. The highest BCUT2D eigenvalue weighted by Gasteiger charge is 2.30. The van der Waals surface area contributed by atoms with Gasteiger partial charge in [0.25, 0.3) is 0 Å². The molecule has 0 unspecified atom stereocenters. The summed E-state index contributed by atoms with van der Waals surface area (Å²) in [6, 6.07) is 54.1. The molecule has 0 atom stereocenters. The maximum atomic E-state index is 2.39. The lowest BCUT2D eigenvalue weighted by Crippen LogP contribution is -2.24. The van der Waals surface area contributed by atoms with E-state index in [0.29, 0.717) is 0 Å². The maximum absolute atomic E-state index is 2.39. The Balaban J connectivity index is 1.42. The average Bonchev–Trinajstić information content (AvgIpc) is 3.02. The highest BCUT2D eigenvalue weighted by Crippen LogP contribution is 2.54. The lowest BCUT2D eigenvalue weighted by Gasteiger charge is -2.40. The first-order valence-corrected chi connectivity index (χ1v) is 14.1. The zero-order valence-corrected chi connectivity index (χ0v) is 23.3. The molecule has 0 saturated carbocycles. The summed E-state index contributed by atoms with van der Waals surface area (Å²) in [5.41, 5.74) is 12.8. The van der Waals surface area contributed by atoms with E-state index >= 15 is 0 Å². The van der Waals surface area contributed by atoms with Gasteiger partial charge in [-0.1, -0.05) is 84.9 Å². The molecule has 0 spiro atoms. The number of anilines is 9. The molecule has 6 aromatic rings. The van der Waals surface area contributed by atoms with Gasteiger partial charge in [0.1, 0.15) is 0 Å².